The maximum absolute atomic E-state index is 13.0. The van der Waals surface area contributed by atoms with E-state index in [0.717, 1.165) is 0 Å². The van der Waals surface area contributed by atoms with E-state index in [1.165, 1.54) is 23.5 Å². The van der Waals surface area contributed by atoms with Gasteiger partial charge in [-0.3, -0.25) is 4.79 Å². The van der Waals surface area contributed by atoms with Gasteiger partial charge < -0.3 is 14.2 Å². The molecule has 0 N–H and O–H groups in total. The van der Waals surface area contributed by atoms with Gasteiger partial charge in [0.25, 0.3) is 0 Å². The van der Waals surface area contributed by atoms with Gasteiger partial charge in [0.2, 0.25) is 10.0 Å². The summed E-state index contributed by atoms with van der Waals surface area (Å²) in [6, 6.07) is 9.58. The number of sulfonamides is 1. The van der Waals surface area contributed by atoms with Crippen LogP contribution in [0.15, 0.2) is 41.3 Å². The van der Waals surface area contributed by atoms with Crippen LogP contribution in [0.1, 0.15) is 11.1 Å². The minimum absolute atomic E-state index is 0.0154. The van der Waals surface area contributed by atoms with Gasteiger partial charge in [0, 0.05) is 13.1 Å². The molecule has 0 spiro atoms. The maximum Gasteiger partial charge on any atom is 0.310 e. The van der Waals surface area contributed by atoms with Gasteiger partial charge in [-0.2, -0.15) is 4.31 Å². The van der Waals surface area contributed by atoms with Crippen LogP contribution < -0.4 is 4.74 Å². The number of carbonyl (C=O) groups excluding carboxylic acids is 1. The molecule has 0 radical (unpaired) electrons. The molecule has 7 nitrogen and oxygen atoms in total. The van der Waals surface area contributed by atoms with Crippen LogP contribution in [0, 0.1) is 0 Å². The van der Waals surface area contributed by atoms with Crippen LogP contribution in [0.2, 0.25) is 10.0 Å². The van der Waals surface area contributed by atoms with Crippen molar-refractivity contribution in [3.8, 4) is 5.75 Å². The summed E-state index contributed by atoms with van der Waals surface area (Å²) >= 11 is 11.8. The first-order valence-electron chi connectivity index (χ1n) is 9.15. The minimum Gasteiger partial charge on any atom is -0.495 e. The first-order valence-corrected chi connectivity index (χ1v) is 11.3. The highest BCUT2D eigenvalue weighted by Crippen LogP contribution is 2.29. The second-order valence-electron chi connectivity index (χ2n) is 6.59. The quantitative estimate of drug-likeness (QED) is 0.573. The van der Waals surface area contributed by atoms with Crippen LogP contribution in [0.25, 0.3) is 0 Å². The van der Waals surface area contributed by atoms with E-state index in [0.29, 0.717) is 34.4 Å². The Morgan fingerprint density at radius 1 is 1.07 bits per heavy atom. The molecule has 162 valence electrons. The molecule has 0 bridgehead atoms. The Morgan fingerprint density at radius 3 is 2.43 bits per heavy atom. The van der Waals surface area contributed by atoms with Crippen molar-refractivity contribution in [2.24, 2.45) is 0 Å². The first-order chi connectivity index (χ1) is 14.3. The SMILES string of the molecule is COc1ccc(CC(=O)OCc2ccc(Cl)c(Cl)c2)cc1S(=O)(=O)N1CCOCC1. The van der Waals surface area contributed by atoms with Crippen LogP contribution in [0.5, 0.6) is 5.75 Å². The van der Waals surface area contributed by atoms with E-state index in [2.05, 4.69) is 0 Å². The monoisotopic (exact) mass is 473 g/mol. The van der Waals surface area contributed by atoms with E-state index in [1.54, 1.807) is 24.3 Å². The summed E-state index contributed by atoms with van der Waals surface area (Å²) in [6.07, 6.45) is -0.0864. The highest BCUT2D eigenvalue weighted by Gasteiger charge is 2.29. The second-order valence-corrected chi connectivity index (χ2v) is 9.31. The fourth-order valence-electron chi connectivity index (χ4n) is 2.97. The first kappa shape index (κ1) is 22.8. The lowest BCUT2D eigenvalue weighted by atomic mass is 10.1. The van der Waals surface area contributed by atoms with E-state index < -0.39 is 16.0 Å². The van der Waals surface area contributed by atoms with Gasteiger partial charge in [0.15, 0.2) is 0 Å². The molecule has 0 amide bonds. The number of benzene rings is 2. The zero-order chi connectivity index (χ0) is 21.7. The van der Waals surface area contributed by atoms with Crippen LogP contribution in [0.3, 0.4) is 0 Å². The number of carbonyl (C=O) groups is 1. The molecule has 0 unspecified atom stereocenters. The van der Waals surface area contributed by atoms with Gasteiger partial charge in [0.05, 0.1) is 36.8 Å². The topological polar surface area (TPSA) is 82.1 Å². The third-order valence-electron chi connectivity index (χ3n) is 4.55. The number of ether oxygens (including phenoxy) is 3. The van der Waals surface area contributed by atoms with Gasteiger partial charge in [-0.25, -0.2) is 8.42 Å². The molecule has 3 rings (SSSR count). The number of methoxy groups -OCH3 is 1. The Balaban J connectivity index is 1.72. The molecule has 1 aliphatic heterocycles. The van der Waals surface area contributed by atoms with Crippen LogP contribution in [-0.2, 0) is 37.3 Å². The van der Waals surface area contributed by atoms with Crippen molar-refractivity contribution in [1.82, 2.24) is 4.31 Å². The van der Waals surface area contributed by atoms with E-state index in [4.69, 9.17) is 37.4 Å². The number of halogens is 2. The number of esters is 1. The fourth-order valence-corrected chi connectivity index (χ4v) is 4.90. The molecule has 10 heteroatoms. The summed E-state index contributed by atoms with van der Waals surface area (Å²) in [5.41, 5.74) is 1.20. The standard InChI is InChI=1S/C20H21Cl2NO6S/c1-27-18-5-3-14(11-19(18)30(25,26)23-6-8-28-9-7-23)12-20(24)29-13-15-2-4-16(21)17(22)10-15/h2-5,10-11H,6-9,12-13H2,1H3. The molecule has 1 saturated heterocycles. The van der Waals surface area contributed by atoms with Gasteiger partial charge in [0.1, 0.15) is 17.3 Å². The summed E-state index contributed by atoms with van der Waals surface area (Å²) in [6.45, 7) is 1.23. The Morgan fingerprint density at radius 2 is 1.77 bits per heavy atom. The molecule has 1 fully saturated rings. The van der Waals surface area contributed by atoms with E-state index >= 15 is 0 Å². The summed E-state index contributed by atoms with van der Waals surface area (Å²) in [5, 5.41) is 0.789. The van der Waals surface area contributed by atoms with Crippen molar-refractivity contribution >= 4 is 39.2 Å². The van der Waals surface area contributed by atoms with Crippen molar-refractivity contribution in [2.45, 2.75) is 17.9 Å². The van der Waals surface area contributed by atoms with Crippen molar-refractivity contribution in [1.29, 1.82) is 0 Å². The average Bonchev–Trinajstić information content (AvgIpc) is 2.75. The van der Waals surface area contributed by atoms with Crippen molar-refractivity contribution < 1.29 is 27.4 Å². The van der Waals surface area contributed by atoms with Crippen LogP contribution in [-0.4, -0.2) is 52.1 Å². The van der Waals surface area contributed by atoms with Gasteiger partial charge in [-0.15, -0.1) is 0 Å². The molecule has 2 aromatic rings. The highest BCUT2D eigenvalue weighted by atomic mass is 35.5. The highest BCUT2D eigenvalue weighted by molar-refractivity contribution is 7.89. The van der Waals surface area contributed by atoms with E-state index in [-0.39, 0.29) is 36.8 Å². The zero-order valence-corrected chi connectivity index (χ0v) is 18.6. The van der Waals surface area contributed by atoms with Crippen molar-refractivity contribution in [3.05, 3.63) is 57.6 Å². The third kappa shape index (κ3) is 5.44. The predicted molar refractivity (Wildman–Crippen MR) is 113 cm³/mol. The molecule has 2 aromatic carbocycles. The summed E-state index contributed by atoms with van der Waals surface area (Å²) in [4.78, 5) is 12.3. The number of rotatable bonds is 7. The molecule has 30 heavy (non-hydrogen) atoms. The Bertz CT molecular complexity index is 1020. The molecule has 1 aliphatic rings. The van der Waals surface area contributed by atoms with Crippen molar-refractivity contribution in [2.75, 3.05) is 33.4 Å². The third-order valence-corrected chi connectivity index (χ3v) is 7.21. The largest absolute Gasteiger partial charge is 0.495 e. The Labute approximate surface area is 185 Å². The molecular weight excluding hydrogens is 453 g/mol. The average molecular weight is 474 g/mol. The summed E-state index contributed by atoms with van der Waals surface area (Å²) in [5.74, 6) is -0.282. The predicted octanol–water partition coefficient (Wildman–Crippen LogP) is 3.31. The lowest BCUT2D eigenvalue weighted by Gasteiger charge is -2.26. The van der Waals surface area contributed by atoms with Gasteiger partial charge >= 0.3 is 5.97 Å². The van der Waals surface area contributed by atoms with Gasteiger partial charge in [-0.05, 0) is 35.4 Å². The van der Waals surface area contributed by atoms with E-state index in [9.17, 15) is 13.2 Å². The second kappa shape index (κ2) is 9.98. The smallest absolute Gasteiger partial charge is 0.310 e. The number of nitrogens with zero attached hydrogens (tertiary/aromatic N) is 1. The fraction of sp³-hybridized carbons (Fsp3) is 0.350. The molecule has 0 aliphatic carbocycles. The number of morpholine rings is 1. The van der Waals surface area contributed by atoms with Crippen LogP contribution >= 0.6 is 23.2 Å². The normalized spacial score (nSPS) is 15.0. The molecule has 0 atom stereocenters. The Hall–Kier alpha value is -1.84. The lowest BCUT2D eigenvalue weighted by Crippen LogP contribution is -2.40. The number of hydrogen-bond donors (Lipinski definition) is 0. The zero-order valence-electron chi connectivity index (χ0n) is 16.3. The molecule has 0 saturated carbocycles. The summed E-state index contributed by atoms with van der Waals surface area (Å²) < 4.78 is 43.1. The summed E-state index contributed by atoms with van der Waals surface area (Å²) in [7, 11) is -2.38. The number of hydrogen-bond acceptors (Lipinski definition) is 6. The lowest BCUT2D eigenvalue weighted by molar-refractivity contribution is -0.144. The molecule has 0 aromatic heterocycles. The van der Waals surface area contributed by atoms with Gasteiger partial charge in [-0.1, -0.05) is 35.3 Å². The van der Waals surface area contributed by atoms with E-state index in [1.807, 2.05) is 0 Å². The van der Waals surface area contributed by atoms with Crippen molar-refractivity contribution in [3.63, 3.8) is 0 Å². The minimum atomic E-state index is -3.78. The molecule has 1 heterocycles. The van der Waals surface area contributed by atoms with Crippen LogP contribution in [0.4, 0.5) is 0 Å². The maximum atomic E-state index is 13.0. The Kier molecular flexibility index (Phi) is 7.60. The molecular formula is C20H21Cl2NO6S.